The molecule has 1 saturated heterocycles. The lowest BCUT2D eigenvalue weighted by Gasteiger charge is -2.67. The zero-order valence-corrected chi connectivity index (χ0v) is 35.9. The summed E-state index contributed by atoms with van der Waals surface area (Å²) < 4.78 is 35.5. The minimum atomic E-state index is -2.38. The van der Waals surface area contributed by atoms with Gasteiger partial charge in [0, 0.05) is 32.1 Å². The van der Waals surface area contributed by atoms with Crippen molar-refractivity contribution >= 4 is 35.8 Å². The van der Waals surface area contributed by atoms with E-state index in [0.717, 1.165) is 13.8 Å². The number of alkyl carbamates (subject to hydrolysis) is 1. The molecule has 2 saturated carbocycles. The molecule has 4 aliphatic rings. The third-order valence-electron chi connectivity index (χ3n) is 12.6. The zero-order valence-electron chi connectivity index (χ0n) is 35.9. The van der Waals surface area contributed by atoms with Crippen LogP contribution in [0.5, 0.6) is 0 Å². The molecule has 1 aromatic rings. The summed E-state index contributed by atoms with van der Waals surface area (Å²) in [5.74, 6) is -6.23. The summed E-state index contributed by atoms with van der Waals surface area (Å²) in [5.41, 5.74) is -9.44. The molecular weight excluding hydrogens is 770 g/mol. The first-order chi connectivity index (χ1) is 27.0. The fraction of sp³-hybridized carbons (Fsp3) is 0.674. The molecule has 16 nitrogen and oxygen atoms in total. The number of ketones is 1. The number of hydrogen-bond donors (Lipinski definition) is 4. The number of benzene rings is 1. The minimum Gasteiger partial charge on any atom is -0.456 e. The molecule has 11 atom stereocenters. The number of hydrogen-bond acceptors (Lipinski definition) is 15. The summed E-state index contributed by atoms with van der Waals surface area (Å²) in [5, 5.41) is 39.7. The number of Topliss-reactive ketones (excluding diaryl/α,β-unsaturated/α-hetero) is 1. The lowest BCUT2D eigenvalue weighted by atomic mass is 9.44. The molecular formula is C43H59NO15. The van der Waals surface area contributed by atoms with Crippen LogP contribution in [0, 0.1) is 22.2 Å². The maximum Gasteiger partial charge on any atom is 0.407 e. The van der Waals surface area contributed by atoms with Gasteiger partial charge in [0.05, 0.1) is 35.6 Å². The molecule has 1 unspecified atom stereocenters. The van der Waals surface area contributed by atoms with Crippen molar-refractivity contribution in [2.24, 2.45) is 22.2 Å². The fourth-order valence-electron chi connectivity index (χ4n) is 9.57. The molecule has 1 aromatic carbocycles. The normalized spacial score (nSPS) is 33.6. The van der Waals surface area contributed by atoms with Crippen LogP contribution in [-0.2, 0) is 47.6 Å². The van der Waals surface area contributed by atoms with Gasteiger partial charge in [-0.3, -0.25) is 14.4 Å². The van der Waals surface area contributed by atoms with E-state index in [-0.39, 0.29) is 29.7 Å². The van der Waals surface area contributed by atoms with Gasteiger partial charge >= 0.3 is 30.0 Å². The number of fused-ring (bicyclic) bond motifs is 5. The van der Waals surface area contributed by atoms with Gasteiger partial charge in [-0.25, -0.2) is 14.4 Å². The first-order valence-corrected chi connectivity index (χ1v) is 19.8. The second-order valence-electron chi connectivity index (χ2n) is 19.1. The number of aliphatic hydroxyl groups is 3. The van der Waals surface area contributed by atoms with E-state index in [1.165, 1.54) is 26.0 Å². The molecule has 16 heteroatoms. The van der Waals surface area contributed by atoms with Gasteiger partial charge in [0.1, 0.15) is 29.5 Å². The van der Waals surface area contributed by atoms with E-state index >= 15 is 4.79 Å². The summed E-state index contributed by atoms with van der Waals surface area (Å²) in [6, 6.07) is 6.57. The van der Waals surface area contributed by atoms with E-state index in [2.05, 4.69) is 5.32 Å². The second-order valence-corrected chi connectivity index (χ2v) is 19.1. The minimum absolute atomic E-state index is 0.000791. The van der Waals surface area contributed by atoms with E-state index < -0.39 is 124 Å². The Morgan fingerprint density at radius 1 is 0.932 bits per heavy atom. The zero-order chi connectivity index (χ0) is 44.4. The lowest BCUT2D eigenvalue weighted by Crippen LogP contribution is -2.82. The van der Waals surface area contributed by atoms with Crippen LogP contribution in [-0.4, -0.2) is 117 Å². The summed E-state index contributed by atoms with van der Waals surface area (Å²) in [6.07, 6.45) is -11.3. The summed E-state index contributed by atoms with van der Waals surface area (Å²) >= 11 is 0. The Morgan fingerprint density at radius 2 is 1.54 bits per heavy atom. The Labute approximate surface area is 344 Å². The number of carbonyl (C=O) groups excluding carboxylic acids is 6. The number of nitrogens with one attached hydrogen (secondary N) is 1. The topological polar surface area (TPSA) is 231 Å². The predicted molar refractivity (Wildman–Crippen MR) is 207 cm³/mol. The standard InChI is InChI=1S/C43H59NO15/c1-21-25(56-36(51)29(48)32(38(4,5)6)44-37(52)59-39(7,8)9)19-43(53)34(57-35(50)24-16-14-13-15-17-24)31-41(12,26(47)18-27-42(31,20-54-27)58-23(3)46)33(49)30(55-22(2)45)28(21)40(43,10)11/h13-17,25-27,29-32,34,47-48,53H,18-20H2,1-12H3,(H,44,52)/t25-,26-,27+,29+,30+,31?,32+,34-,41+,42-,43+/m0/s1. The molecule has 0 spiro atoms. The average molecular weight is 830 g/mol. The van der Waals surface area contributed by atoms with Crippen molar-refractivity contribution < 1.29 is 72.5 Å². The average Bonchev–Trinajstić information content (AvgIpc) is 3.10. The monoisotopic (exact) mass is 829 g/mol. The van der Waals surface area contributed by atoms with Gasteiger partial charge < -0.3 is 49.1 Å². The van der Waals surface area contributed by atoms with Gasteiger partial charge in [0.15, 0.2) is 23.6 Å². The molecule has 4 N–H and O–H groups in total. The van der Waals surface area contributed by atoms with Crippen molar-refractivity contribution in [3.63, 3.8) is 0 Å². The van der Waals surface area contributed by atoms with E-state index in [9.17, 15) is 39.3 Å². The second kappa shape index (κ2) is 15.6. The molecule has 2 bridgehead atoms. The largest absolute Gasteiger partial charge is 0.456 e. The Hall–Kier alpha value is -4.38. The van der Waals surface area contributed by atoms with Crippen LogP contribution in [0.15, 0.2) is 41.5 Å². The number of amides is 1. The van der Waals surface area contributed by atoms with E-state index in [1.807, 2.05) is 0 Å². The first kappa shape index (κ1) is 45.7. The highest BCUT2D eigenvalue weighted by Crippen LogP contribution is 2.64. The van der Waals surface area contributed by atoms with Crippen LogP contribution < -0.4 is 5.32 Å². The molecule has 0 aromatic heterocycles. The molecule has 0 radical (unpaired) electrons. The number of carbonyl (C=O) groups is 6. The van der Waals surface area contributed by atoms with Gasteiger partial charge in [-0.1, -0.05) is 52.8 Å². The third-order valence-corrected chi connectivity index (χ3v) is 12.6. The van der Waals surface area contributed by atoms with Crippen LogP contribution in [0.25, 0.3) is 0 Å². The first-order valence-electron chi connectivity index (χ1n) is 19.8. The van der Waals surface area contributed by atoms with Crippen molar-refractivity contribution in [1.82, 2.24) is 5.32 Å². The highest BCUT2D eigenvalue weighted by Gasteiger charge is 2.78. The number of rotatable bonds is 8. The van der Waals surface area contributed by atoms with E-state index in [4.69, 9.17) is 28.4 Å². The van der Waals surface area contributed by atoms with E-state index in [1.54, 1.807) is 73.6 Å². The predicted octanol–water partition coefficient (Wildman–Crippen LogP) is 3.50. The number of ether oxygens (including phenoxy) is 6. The van der Waals surface area contributed by atoms with Crippen molar-refractivity contribution in [1.29, 1.82) is 0 Å². The fourth-order valence-corrected chi connectivity index (χ4v) is 9.57. The van der Waals surface area contributed by atoms with Crippen molar-refractivity contribution in [2.75, 3.05) is 6.61 Å². The number of esters is 4. The smallest absolute Gasteiger partial charge is 0.407 e. The third kappa shape index (κ3) is 8.00. The van der Waals surface area contributed by atoms with Gasteiger partial charge in [-0.15, -0.1) is 0 Å². The Kier molecular flexibility index (Phi) is 12.1. The quantitative estimate of drug-likeness (QED) is 0.167. The molecule has 5 rings (SSSR count). The molecule has 1 heterocycles. The molecule has 326 valence electrons. The van der Waals surface area contributed by atoms with Gasteiger partial charge in [-0.05, 0) is 63.3 Å². The van der Waals surface area contributed by atoms with Crippen LogP contribution in [0.3, 0.4) is 0 Å². The Morgan fingerprint density at radius 3 is 2.05 bits per heavy atom. The summed E-state index contributed by atoms with van der Waals surface area (Å²) in [7, 11) is 0. The van der Waals surface area contributed by atoms with Crippen molar-refractivity contribution in [3.05, 3.63) is 47.0 Å². The van der Waals surface area contributed by atoms with Crippen molar-refractivity contribution in [2.45, 2.75) is 155 Å². The van der Waals surface area contributed by atoms with Crippen molar-refractivity contribution in [3.8, 4) is 0 Å². The Balaban J connectivity index is 1.74. The molecule has 59 heavy (non-hydrogen) atoms. The van der Waals surface area contributed by atoms with Gasteiger partial charge in [0.2, 0.25) is 0 Å². The summed E-state index contributed by atoms with van der Waals surface area (Å²) in [6.45, 7) is 17.9. The van der Waals surface area contributed by atoms with Crippen LogP contribution >= 0.6 is 0 Å². The van der Waals surface area contributed by atoms with Crippen LogP contribution in [0.2, 0.25) is 0 Å². The lowest BCUT2D eigenvalue weighted by molar-refractivity contribution is -0.346. The van der Waals surface area contributed by atoms with E-state index in [0.29, 0.717) is 0 Å². The van der Waals surface area contributed by atoms with Gasteiger partial charge in [-0.2, -0.15) is 0 Å². The maximum absolute atomic E-state index is 15.4. The molecule has 1 aliphatic heterocycles. The highest BCUT2D eigenvalue weighted by molar-refractivity contribution is 5.95. The SMILES string of the molecule is CC(=O)O[C@H]1C(=O)[C@@]2(C)C([C@H](OC(=O)c3ccccc3)[C@]3(O)C[C@H](OC(=O)[C@H](O)[C@@H](NC(=O)OC(C)(C)C)C(C)(C)C)C(C)=C1C3(C)C)[C@]1(OC(C)=O)CO[C@@H]1C[C@@H]2O. The highest BCUT2D eigenvalue weighted by atomic mass is 16.6. The maximum atomic E-state index is 15.4. The Bertz CT molecular complexity index is 1900. The summed E-state index contributed by atoms with van der Waals surface area (Å²) in [4.78, 5) is 82.4. The molecule has 3 aliphatic carbocycles. The van der Waals surface area contributed by atoms with Crippen LogP contribution in [0.1, 0.15) is 106 Å². The van der Waals surface area contributed by atoms with Crippen LogP contribution in [0.4, 0.5) is 4.79 Å². The number of aliphatic hydroxyl groups excluding tert-OH is 2. The van der Waals surface area contributed by atoms with Gasteiger partial charge in [0.25, 0.3) is 0 Å². The molecule has 1 amide bonds. The molecule has 3 fully saturated rings.